The summed E-state index contributed by atoms with van der Waals surface area (Å²) in [6.45, 7) is 4.73. The molecular weight excluding hydrogens is 218 g/mol. The van der Waals surface area contributed by atoms with Crippen LogP contribution in [-0.4, -0.2) is 47.0 Å². The lowest BCUT2D eigenvalue weighted by Gasteiger charge is -2.21. The smallest absolute Gasteiger partial charge is 0.227 e. The molecule has 17 heavy (non-hydrogen) atoms. The number of aromatic nitrogens is 2. The summed E-state index contributed by atoms with van der Waals surface area (Å²) in [6, 6.07) is 1.67. The normalized spacial score (nSPS) is 16.8. The highest BCUT2D eigenvalue weighted by Crippen LogP contribution is 2.12. The molecule has 2 rings (SSSR count). The maximum Gasteiger partial charge on any atom is 0.227 e. The molecule has 0 aromatic carbocycles. The van der Waals surface area contributed by atoms with Crippen molar-refractivity contribution in [3.63, 3.8) is 0 Å². The number of carbonyl (C=O) groups is 1. The highest BCUT2D eigenvalue weighted by molar-refractivity contribution is 5.73. The Labute approximate surface area is 100 Å². The molecule has 1 aromatic heterocycles. The van der Waals surface area contributed by atoms with Gasteiger partial charge >= 0.3 is 0 Å². The third kappa shape index (κ3) is 2.83. The first-order chi connectivity index (χ1) is 8.16. The van der Waals surface area contributed by atoms with Gasteiger partial charge in [-0.3, -0.25) is 4.79 Å². The third-order valence-electron chi connectivity index (χ3n) is 2.89. The van der Waals surface area contributed by atoms with Crippen LogP contribution in [0.15, 0.2) is 12.3 Å². The molecule has 6 heteroatoms. The van der Waals surface area contributed by atoms with E-state index in [1.165, 1.54) is 0 Å². The van der Waals surface area contributed by atoms with E-state index < -0.39 is 0 Å². The molecule has 0 aliphatic carbocycles. The van der Waals surface area contributed by atoms with Gasteiger partial charge in [-0.15, -0.1) is 0 Å². The van der Waals surface area contributed by atoms with Crippen LogP contribution in [0.3, 0.4) is 0 Å². The van der Waals surface area contributed by atoms with Gasteiger partial charge < -0.3 is 15.5 Å². The van der Waals surface area contributed by atoms with Gasteiger partial charge in [0, 0.05) is 39.3 Å². The van der Waals surface area contributed by atoms with Gasteiger partial charge in [0.2, 0.25) is 11.9 Å². The van der Waals surface area contributed by atoms with Gasteiger partial charge in [0.1, 0.15) is 5.82 Å². The molecule has 0 unspecified atom stereocenters. The van der Waals surface area contributed by atoms with E-state index in [9.17, 15) is 4.79 Å². The molecule has 0 bridgehead atoms. The fourth-order valence-electron chi connectivity index (χ4n) is 1.95. The molecule has 0 saturated carbocycles. The van der Waals surface area contributed by atoms with E-state index in [4.69, 9.17) is 5.73 Å². The third-order valence-corrected chi connectivity index (χ3v) is 2.89. The van der Waals surface area contributed by atoms with Gasteiger partial charge in [0.25, 0.3) is 0 Å². The van der Waals surface area contributed by atoms with Crippen LogP contribution >= 0.6 is 0 Å². The number of nitrogens with two attached hydrogens (primary N) is 1. The van der Waals surface area contributed by atoms with Crippen LogP contribution in [0.5, 0.6) is 0 Å². The van der Waals surface area contributed by atoms with Crippen molar-refractivity contribution in [3.05, 3.63) is 12.3 Å². The lowest BCUT2D eigenvalue weighted by atomic mass is 10.4. The highest BCUT2D eigenvalue weighted by atomic mass is 16.2. The van der Waals surface area contributed by atoms with E-state index in [2.05, 4.69) is 14.9 Å². The Kier molecular flexibility index (Phi) is 3.41. The number of nitrogens with zero attached hydrogens (tertiary/aromatic N) is 4. The average molecular weight is 235 g/mol. The number of amides is 1. The van der Waals surface area contributed by atoms with Crippen molar-refractivity contribution >= 4 is 17.7 Å². The summed E-state index contributed by atoms with van der Waals surface area (Å²) < 4.78 is 0. The number of nitrogen functional groups attached to an aromatic ring is 1. The predicted molar refractivity (Wildman–Crippen MR) is 65.5 cm³/mol. The Hall–Kier alpha value is -1.85. The number of carbonyl (C=O) groups excluding carboxylic acids is 1. The van der Waals surface area contributed by atoms with Crippen molar-refractivity contribution in [3.8, 4) is 0 Å². The zero-order valence-electron chi connectivity index (χ0n) is 9.96. The summed E-state index contributed by atoms with van der Waals surface area (Å²) >= 11 is 0. The topological polar surface area (TPSA) is 75.4 Å². The lowest BCUT2D eigenvalue weighted by Crippen LogP contribution is -2.34. The van der Waals surface area contributed by atoms with E-state index in [1.807, 2.05) is 4.90 Å². The van der Waals surface area contributed by atoms with Crippen LogP contribution in [0.1, 0.15) is 13.3 Å². The lowest BCUT2D eigenvalue weighted by molar-refractivity contribution is -0.128. The van der Waals surface area contributed by atoms with Crippen LogP contribution in [0.25, 0.3) is 0 Å². The summed E-state index contributed by atoms with van der Waals surface area (Å²) in [5, 5.41) is 0. The molecule has 2 N–H and O–H groups in total. The van der Waals surface area contributed by atoms with Gasteiger partial charge in [0.05, 0.1) is 0 Å². The molecule has 1 aliphatic heterocycles. The molecule has 0 spiro atoms. The van der Waals surface area contributed by atoms with E-state index in [-0.39, 0.29) is 5.91 Å². The molecule has 6 nitrogen and oxygen atoms in total. The number of hydrogen-bond donors (Lipinski definition) is 1. The van der Waals surface area contributed by atoms with Gasteiger partial charge in [0.15, 0.2) is 0 Å². The zero-order valence-corrected chi connectivity index (χ0v) is 9.96. The first kappa shape index (κ1) is 11.6. The Morgan fingerprint density at radius 2 is 2.18 bits per heavy atom. The maximum absolute atomic E-state index is 11.3. The minimum atomic E-state index is 0.125. The van der Waals surface area contributed by atoms with Crippen LogP contribution in [-0.2, 0) is 4.79 Å². The first-order valence-corrected chi connectivity index (χ1v) is 5.76. The second-order valence-corrected chi connectivity index (χ2v) is 4.13. The van der Waals surface area contributed by atoms with Gasteiger partial charge in [-0.25, -0.2) is 4.98 Å². The molecule has 0 radical (unpaired) electrons. The van der Waals surface area contributed by atoms with Gasteiger partial charge in [-0.05, 0) is 12.5 Å². The summed E-state index contributed by atoms with van der Waals surface area (Å²) in [6.07, 6.45) is 2.59. The van der Waals surface area contributed by atoms with Crippen LogP contribution in [0.2, 0.25) is 0 Å². The second-order valence-electron chi connectivity index (χ2n) is 4.13. The van der Waals surface area contributed by atoms with Crippen molar-refractivity contribution in [2.75, 3.05) is 36.8 Å². The summed E-state index contributed by atoms with van der Waals surface area (Å²) in [7, 11) is 0. The molecule has 92 valence electrons. The molecule has 1 amide bonds. The summed E-state index contributed by atoms with van der Waals surface area (Å²) in [4.78, 5) is 23.6. The number of anilines is 2. The predicted octanol–water partition coefficient (Wildman–Crippen LogP) is 0.117. The van der Waals surface area contributed by atoms with Crippen molar-refractivity contribution < 1.29 is 4.79 Å². The zero-order chi connectivity index (χ0) is 12.3. The number of hydrogen-bond acceptors (Lipinski definition) is 5. The fraction of sp³-hybridized carbons (Fsp3) is 0.545. The average Bonchev–Trinajstić information content (AvgIpc) is 2.54. The number of rotatable bonds is 1. The molecule has 1 saturated heterocycles. The van der Waals surface area contributed by atoms with E-state index in [1.54, 1.807) is 19.2 Å². The monoisotopic (exact) mass is 235 g/mol. The quantitative estimate of drug-likeness (QED) is 0.748. The van der Waals surface area contributed by atoms with Crippen LogP contribution < -0.4 is 10.6 Å². The molecular formula is C11H17N5O. The van der Waals surface area contributed by atoms with Crippen molar-refractivity contribution in [2.45, 2.75) is 13.3 Å². The Morgan fingerprint density at radius 1 is 1.35 bits per heavy atom. The molecule has 1 aromatic rings. The highest BCUT2D eigenvalue weighted by Gasteiger charge is 2.18. The van der Waals surface area contributed by atoms with Gasteiger partial charge in [-0.2, -0.15) is 4.98 Å². The maximum atomic E-state index is 11.3. The minimum Gasteiger partial charge on any atom is -0.384 e. The van der Waals surface area contributed by atoms with Gasteiger partial charge in [-0.1, -0.05) is 0 Å². The van der Waals surface area contributed by atoms with Crippen LogP contribution in [0, 0.1) is 0 Å². The Morgan fingerprint density at radius 3 is 2.88 bits per heavy atom. The van der Waals surface area contributed by atoms with Crippen molar-refractivity contribution in [1.29, 1.82) is 0 Å². The molecule has 1 fully saturated rings. The van der Waals surface area contributed by atoms with E-state index >= 15 is 0 Å². The SMILES string of the molecule is CC(=O)N1CCCN(c2nccc(N)n2)CC1. The van der Waals surface area contributed by atoms with Crippen molar-refractivity contribution in [1.82, 2.24) is 14.9 Å². The minimum absolute atomic E-state index is 0.125. The van der Waals surface area contributed by atoms with E-state index in [0.29, 0.717) is 18.3 Å². The van der Waals surface area contributed by atoms with Crippen LogP contribution in [0.4, 0.5) is 11.8 Å². The summed E-state index contributed by atoms with van der Waals surface area (Å²) in [5.74, 6) is 1.25. The fourth-order valence-corrected chi connectivity index (χ4v) is 1.95. The largest absolute Gasteiger partial charge is 0.384 e. The summed E-state index contributed by atoms with van der Waals surface area (Å²) in [5.41, 5.74) is 5.64. The molecule has 0 atom stereocenters. The molecule has 1 aliphatic rings. The second kappa shape index (κ2) is 4.99. The molecule has 2 heterocycles. The standard InChI is InChI=1S/C11H17N5O/c1-9(17)15-5-2-6-16(8-7-15)11-13-4-3-10(12)14-11/h3-4H,2,5-8H2,1H3,(H2,12,13,14). The van der Waals surface area contributed by atoms with E-state index in [0.717, 1.165) is 26.1 Å². The Bertz CT molecular complexity index is 409. The first-order valence-electron chi connectivity index (χ1n) is 5.76. The van der Waals surface area contributed by atoms with Crippen molar-refractivity contribution in [2.24, 2.45) is 0 Å². The Balaban J connectivity index is 2.06.